The third-order valence-electron chi connectivity index (χ3n) is 20.4. The van der Waals surface area contributed by atoms with E-state index in [2.05, 4.69) is 26.0 Å². The van der Waals surface area contributed by atoms with Crippen molar-refractivity contribution in [2.75, 3.05) is 13.7 Å². The number of hydrogen-bond acceptors (Lipinski definition) is 18. The van der Waals surface area contributed by atoms with Gasteiger partial charge in [-0.2, -0.15) is 0 Å². The number of rotatable bonds is 10. The number of allylic oxidation sites excluding steroid dienone is 4. The van der Waals surface area contributed by atoms with E-state index in [9.17, 15) is 45.3 Å². The molecule has 0 amide bonds. The molecule has 1 saturated carbocycles. The number of hydrogen-bond donors (Lipinski definition) is 7. The van der Waals surface area contributed by atoms with Gasteiger partial charge < -0.3 is 73.6 Å². The predicted octanol–water partition coefficient (Wildman–Crippen LogP) is 6.25. The average Bonchev–Trinajstić information content (AvgIpc) is 3.79. The maximum Gasteiger partial charge on any atom is 0.346 e. The van der Waals surface area contributed by atoms with Crippen LogP contribution in [-0.4, -0.2) is 165 Å². The number of ether oxygens (including phenoxy) is 8. The van der Waals surface area contributed by atoms with E-state index < -0.39 is 150 Å². The molecule has 4 aliphatic carbocycles. The highest BCUT2D eigenvalue weighted by molar-refractivity contribution is 6.26. The summed E-state index contributed by atoms with van der Waals surface area (Å²) in [6.45, 7) is 22.8. The average molecular weight is 1120 g/mol. The molecule has 0 aromatic heterocycles. The summed E-state index contributed by atoms with van der Waals surface area (Å²) in [7, 11) is 1.42. The Morgan fingerprint density at radius 3 is 2.00 bits per heavy atom. The fraction of sp³-hybridized carbons (Fsp3) is 0.820. The molecule has 13 unspecified atom stereocenters. The topological polar surface area (TPSA) is 267 Å². The number of aliphatic hydroxyl groups is 7. The molecule has 7 N–H and O–H groups in total. The lowest BCUT2D eigenvalue weighted by Crippen LogP contribution is -2.62. The van der Waals surface area contributed by atoms with E-state index in [-0.39, 0.29) is 73.6 Å². The molecular formula is C61H94O18. The van der Waals surface area contributed by atoms with Gasteiger partial charge in [0.25, 0.3) is 0 Å². The van der Waals surface area contributed by atoms with Crippen LogP contribution in [0.3, 0.4) is 0 Å². The number of carbonyl (C=O) groups excluding carboxylic acids is 3. The summed E-state index contributed by atoms with van der Waals surface area (Å²) in [5.74, 6) is -5.41. The van der Waals surface area contributed by atoms with Gasteiger partial charge >= 0.3 is 5.97 Å². The lowest BCUT2D eigenvalue weighted by Gasteiger charge is -2.56. The molecule has 2 bridgehead atoms. The molecule has 5 fully saturated rings. The Morgan fingerprint density at radius 1 is 0.734 bits per heavy atom. The van der Waals surface area contributed by atoms with Crippen LogP contribution in [0.15, 0.2) is 46.3 Å². The summed E-state index contributed by atoms with van der Waals surface area (Å²) in [5.41, 5.74) is -1.65. The zero-order valence-electron chi connectivity index (χ0n) is 48.9. The number of esters is 1. The molecule has 8 rings (SSSR count). The Kier molecular flexibility index (Phi) is 19.1. The van der Waals surface area contributed by atoms with Gasteiger partial charge in [0, 0.05) is 73.9 Å². The SMILES string of the molecule is CCC1=C[C@H](CO)C[C@@H](C)[C@H](OC2CC(O)C(OC3OC(C)C(OC4CC(O)C(O)C(C)O4)C(OC)C3O)C(C)O2)[C@H](C)CCC[C@]2(C)C=C(C)[C@H](C)C[C@]23OC(=O)C(=C(O)[C@]2(CC)[C@H]1C(C)=C[C@H]1[C@H]2[C@@H](C)C(=O)C[C@@H]1O)C3=O. The molecule has 4 aliphatic heterocycles. The zero-order chi connectivity index (χ0) is 58.0. The highest BCUT2D eigenvalue weighted by Crippen LogP contribution is 2.64. The third kappa shape index (κ3) is 11.2. The molecule has 18 heteroatoms. The molecule has 4 saturated heterocycles. The Balaban J connectivity index is 1.10. The van der Waals surface area contributed by atoms with Crippen LogP contribution in [0, 0.1) is 58.2 Å². The first-order chi connectivity index (χ1) is 37.2. The zero-order valence-corrected chi connectivity index (χ0v) is 48.9. The lowest BCUT2D eigenvalue weighted by atomic mass is 9.47. The fourth-order valence-corrected chi connectivity index (χ4v) is 16.0. The lowest BCUT2D eigenvalue weighted by molar-refractivity contribution is -0.360. The molecule has 0 radical (unpaired) electrons. The number of fused-ring (bicyclic) bond motifs is 4. The quantitative estimate of drug-likeness (QED) is 0.0724. The van der Waals surface area contributed by atoms with Crippen molar-refractivity contribution >= 4 is 17.5 Å². The molecular weight excluding hydrogens is 1020 g/mol. The van der Waals surface area contributed by atoms with Gasteiger partial charge in [-0.3, -0.25) is 9.59 Å². The normalized spacial score (nSPS) is 48.4. The van der Waals surface area contributed by atoms with Crippen LogP contribution in [0.2, 0.25) is 0 Å². The van der Waals surface area contributed by atoms with E-state index in [1.807, 2.05) is 54.5 Å². The van der Waals surface area contributed by atoms with E-state index in [0.717, 1.165) is 16.7 Å². The van der Waals surface area contributed by atoms with Gasteiger partial charge in [-0.25, -0.2) is 4.79 Å². The summed E-state index contributed by atoms with van der Waals surface area (Å²) >= 11 is 0. The number of ketones is 2. The van der Waals surface area contributed by atoms with Crippen molar-refractivity contribution < 1.29 is 88.0 Å². The largest absolute Gasteiger partial charge is 0.511 e. The maximum atomic E-state index is 15.7. The molecule has 446 valence electrons. The van der Waals surface area contributed by atoms with Crippen molar-refractivity contribution in [3.05, 3.63) is 46.3 Å². The van der Waals surface area contributed by atoms with E-state index in [1.54, 1.807) is 20.8 Å². The van der Waals surface area contributed by atoms with Crippen molar-refractivity contribution in [1.29, 1.82) is 0 Å². The highest BCUT2D eigenvalue weighted by atomic mass is 16.8. The van der Waals surface area contributed by atoms with Crippen molar-refractivity contribution in [2.24, 2.45) is 58.2 Å². The molecule has 79 heavy (non-hydrogen) atoms. The van der Waals surface area contributed by atoms with Gasteiger partial charge in [0.2, 0.25) is 5.78 Å². The van der Waals surface area contributed by atoms with Crippen molar-refractivity contribution in [1.82, 2.24) is 0 Å². The minimum atomic E-state index is -1.63. The second-order valence-electron chi connectivity index (χ2n) is 25.5. The summed E-state index contributed by atoms with van der Waals surface area (Å²) in [6.07, 6.45) is -4.99. The van der Waals surface area contributed by atoms with E-state index in [1.165, 1.54) is 7.11 Å². The van der Waals surface area contributed by atoms with Crippen LogP contribution in [0.25, 0.3) is 0 Å². The second-order valence-corrected chi connectivity index (χ2v) is 25.5. The fourth-order valence-electron chi connectivity index (χ4n) is 16.0. The van der Waals surface area contributed by atoms with Gasteiger partial charge in [0.15, 0.2) is 24.5 Å². The molecule has 0 aromatic carbocycles. The number of aliphatic hydroxyl groups excluding tert-OH is 7. The molecule has 4 heterocycles. The second kappa shape index (κ2) is 24.3. The molecule has 8 aliphatic rings. The van der Waals surface area contributed by atoms with Crippen molar-refractivity contribution in [3.8, 4) is 0 Å². The number of carbonyl (C=O) groups is 3. The molecule has 26 atom stereocenters. The van der Waals surface area contributed by atoms with Gasteiger partial charge in [-0.1, -0.05) is 89.8 Å². The van der Waals surface area contributed by atoms with E-state index in [0.29, 0.717) is 32.1 Å². The van der Waals surface area contributed by atoms with Gasteiger partial charge in [0.05, 0.1) is 42.7 Å². The molecule has 0 aromatic rings. The Morgan fingerprint density at radius 2 is 1.38 bits per heavy atom. The third-order valence-corrected chi connectivity index (χ3v) is 20.4. The summed E-state index contributed by atoms with van der Waals surface area (Å²) in [4.78, 5) is 44.3. The Bertz CT molecular complexity index is 2320. The van der Waals surface area contributed by atoms with E-state index >= 15 is 4.79 Å². The smallest absolute Gasteiger partial charge is 0.346 e. The summed E-state index contributed by atoms with van der Waals surface area (Å²) in [6, 6.07) is 0. The van der Waals surface area contributed by atoms with Crippen LogP contribution in [0.4, 0.5) is 0 Å². The first kappa shape index (κ1) is 62.1. The molecule has 1 spiro atoms. The van der Waals surface area contributed by atoms with Crippen molar-refractivity contribution in [2.45, 2.75) is 245 Å². The number of Topliss-reactive ketones (excluding diaryl/α,β-unsaturated/α-hetero) is 2. The minimum Gasteiger partial charge on any atom is -0.511 e. The van der Waals surface area contributed by atoms with E-state index in [4.69, 9.17) is 37.9 Å². The molecule has 18 nitrogen and oxygen atoms in total. The minimum absolute atomic E-state index is 0.00262. The standard InChI is InChI=1S/C61H94O18/c1-14-38-21-37(27-62)19-30(5)51(76-45-24-43(66)52(35(10)74-45)78-58-50(68)54(72-13)53(36(11)75-58)77-44-23-42(65)49(67)34(9)73-44)28(3)17-16-18-59(12)25-31(6)32(7)26-61(59)56(70)46(57(71)79-61)55(69)60(15-2)47(38)29(4)20-39-41(64)22-40(63)33(8)48(39)60/h20-21,25,28,30,32-37,39,41-45,47-54,58,62,64-69H,14-19,22-24,26-27H2,1-13H3/t28-,30-,32-,33+,34?,35?,36?,37-,39-,41+,42?,43?,44?,45?,47+,48-,49?,50?,51-,52?,53?,54?,58?,59-,60-,61-/m1/s1. The van der Waals surface area contributed by atoms with Crippen LogP contribution >= 0.6 is 0 Å². The van der Waals surface area contributed by atoms with Gasteiger partial charge in [-0.15, -0.1) is 0 Å². The maximum absolute atomic E-state index is 15.7. The highest BCUT2D eigenvalue weighted by Gasteiger charge is 2.67. The van der Waals surface area contributed by atoms with Gasteiger partial charge in [0.1, 0.15) is 47.6 Å². The first-order valence-electron chi connectivity index (χ1n) is 29.5. The Hall–Kier alpha value is -2.95. The van der Waals surface area contributed by atoms with Gasteiger partial charge in [-0.05, 0) is 90.4 Å². The number of methoxy groups -OCH3 is 1. The van der Waals surface area contributed by atoms with Crippen LogP contribution in [0.5, 0.6) is 0 Å². The van der Waals surface area contributed by atoms with Crippen LogP contribution in [0.1, 0.15) is 147 Å². The summed E-state index contributed by atoms with van der Waals surface area (Å²) < 4.78 is 50.3. The first-order valence-corrected chi connectivity index (χ1v) is 29.5. The monoisotopic (exact) mass is 1110 g/mol. The summed E-state index contributed by atoms with van der Waals surface area (Å²) in [5, 5.41) is 80.4. The van der Waals surface area contributed by atoms with Crippen LogP contribution < -0.4 is 0 Å². The van der Waals surface area contributed by atoms with Crippen molar-refractivity contribution in [3.63, 3.8) is 0 Å². The van der Waals surface area contributed by atoms with Crippen LogP contribution in [-0.2, 0) is 52.3 Å². The predicted molar refractivity (Wildman–Crippen MR) is 288 cm³/mol. The Labute approximate surface area is 467 Å².